The van der Waals surface area contributed by atoms with E-state index in [1.165, 1.54) is 5.56 Å². The van der Waals surface area contributed by atoms with Gasteiger partial charge in [0.05, 0.1) is 24.1 Å². The van der Waals surface area contributed by atoms with Crippen molar-refractivity contribution in [3.63, 3.8) is 0 Å². The minimum absolute atomic E-state index is 0.0262. The van der Waals surface area contributed by atoms with Crippen LogP contribution in [0.3, 0.4) is 0 Å². The standard InChI is InChI=1S/C24H22N4O/c1-2-24(29)26-22-14-21(15-25-16-22)19-9-6-10-20(13-19)23-11-12-28(27-23)17-18-7-4-3-5-8-18/h3-16H,2,17H2,1H3,(H,26,29). The number of pyridine rings is 1. The lowest BCUT2D eigenvalue weighted by Crippen LogP contribution is -2.09. The molecule has 2 aromatic carbocycles. The molecule has 5 heteroatoms. The molecule has 4 rings (SSSR count). The molecule has 0 spiro atoms. The van der Waals surface area contributed by atoms with Crippen LogP contribution in [0.4, 0.5) is 5.69 Å². The van der Waals surface area contributed by atoms with Crippen molar-refractivity contribution < 1.29 is 4.79 Å². The highest BCUT2D eigenvalue weighted by atomic mass is 16.1. The van der Waals surface area contributed by atoms with Gasteiger partial charge in [0.2, 0.25) is 5.91 Å². The summed E-state index contributed by atoms with van der Waals surface area (Å²) in [6.45, 7) is 2.57. The SMILES string of the molecule is CCC(=O)Nc1cncc(-c2cccc(-c3ccn(Cc4ccccc4)n3)c2)c1. The maximum Gasteiger partial charge on any atom is 0.224 e. The van der Waals surface area contributed by atoms with E-state index < -0.39 is 0 Å². The molecule has 0 fully saturated rings. The fraction of sp³-hybridized carbons (Fsp3) is 0.125. The molecule has 144 valence electrons. The van der Waals surface area contributed by atoms with Crippen LogP contribution in [-0.2, 0) is 11.3 Å². The number of nitrogens with one attached hydrogen (secondary N) is 1. The van der Waals surface area contributed by atoms with Crippen molar-refractivity contribution in [2.75, 3.05) is 5.32 Å². The van der Waals surface area contributed by atoms with Gasteiger partial charge in [-0.1, -0.05) is 55.5 Å². The van der Waals surface area contributed by atoms with Gasteiger partial charge in [-0.2, -0.15) is 5.10 Å². The molecule has 0 saturated heterocycles. The first-order chi connectivity index (χ1) is 14.2. The van der Waals surface area contributed by atoms with Crippen LogP contribution in [0.2, 0.25) is 0 Å². The smallest absolute Gasteiger partial charge is 0.224 e. The van der Waals surface area contributed by atoms with E-state index in [0.29, 0.717) is 12.1 Å². The summed E-state index contributed by atoms with van der Waals surface area (Å²) in [7, 11) is 0. The number of aromatic nitrogens is 3. The van der Waals surface area contributed by atoms with Crippen molar-refractivity contribution in [3.05, 3.63) is 90.9 Å². The molecule has 0 aliphatic heterocycles. The number of nitrogens with zero attached hydrogens (tertiary/aromatic N) is 3. The predicted octanol–water partition coefficient (Wildman–Crippen LogP) is 5.01. The van der Waals surface area contributed by atoms with Gasteiger partial charge in [0.25, 0.3) is 0 Å². The minimum Gasteiger partial charge on any atom is -0.325 e. The molecular formula is C24H22N4O. The monoisotopic (exact) mass is 382 g/mol. The Morgan fingerprint density at radius 3 is 2.59 bits per heavy atom. The van der Waals surface area contributed by atoms with Crippen molar-refractivity contribution in [2.24, 2.45) is 0 Å². The molecule has 0 aliphatic rings. The van der Waals surface area contributed by atoms with Crippen LogP contribution in [0.15, 0.2) is 85.3 Å². The Kier molecular flexibility index (Phi) is 5.47. The second-order valence-electron chi connectivity index (χ2n) is 6.83. The van der Waals surface area contributed by atoms with E-state index in [1.54, 1.807) is 12.4 Å². The summed E-state index contributed by atoms with van der Waals surface area (Å²) < 4.78 is 1.94. The number of hydrogen-bond acceptors (Lipinski definition) is 3. The summed E-state index contributed by atoms with van der Waals surface area (Å²) in [5.41, 5.74) is 5.85. The van der Waals surface area contributed by atoms with Crippen molar-refractivity contribution in [1.29, 1.82) is 0 Å². The number of benzene rings is 2. The van der Waals surface area contributed by atoms with Crippen LogP contribution in [0, 0.1) is 0 Å². The van der Waals surface area contributed by atoms with Gasteiger partial charge in [-0.05, 0) is 29.3 Å². The molecule has 0 aliphatic carbocycles. The molecule has 29 heavy (non-hydrogen) atoms. The molecule has 5 nitrogen and oxygen atoms in total. The Balaban J connectivity index is 1.57. The first kappa shape index (κ1) is 18.6. The second kappa shape index (κ2) is 8.52. The summed E-state index contributed by atoms with van der Waals surface area (Å²) in [4.78, 5) is 15.9. The lowest BCUT2D eigenvalue weighted by molar-refractivity contribution is -0.115. The molecular weight excluding hydrogens is 360 g/mol. The highest BCUT2D eigenvalue weighted by Gasteiger charge is 2.07. The zero-order valence-electron chi connectivity index (χ0n) is 16.2. The maximum atomic E-state index is 11.7. The van der Waals surface area contributed by atoms with E-state index in [9.17, 15) is 4.79 Å². The van der Waals surface area contributed by atoms with E-state index in [2.05, 4.69) is 34.6 Å². The Bertz CT molecular complexity index is 1120. The quantitative estimate of drug-likeness (QED) is 0.510. The first-order valence-electron chi connectivity index (χ1n) is 9.64. The van der Waals surface area contributed by atoms with E-state index in [-0.39, 0.29) is 5.91 Å². The minimum atomic E-state index is -0.0262. The topological polar surface area (TPSA) is 59.8 Å². The van der Waals surface area contributed by atoms with Gasteiger partial charge < -0.3 is 5.32 Å². The van der Waals surface area contributed by atoms with Gasteiger partial charge in [0.1, 0.15) is 0 Å². The molecule has 1 N–H and O–H groups in total. The van der Waals surface area contributed by atoms with Gasteiger partial charge in [-0.15, -0.1) is 0 Å². The lowest BCUT2D eigenvalue weighted by Gasteiger charge is -2.07. The van der Waals surface area contributed by atoms with Gasteiger partial charge in [-0.3, -0.25) is 14.5 Å². The predicted molar refractivity (Wildman–Crippen MR) is 115 cm³/mol. The lowest BCUT2D eigenvalue weighted by atomic mass is 10.0. The normalized spacial score (nSPS) is 10.7. The van der Waals surface area contributed by atoms with E-state index in [4.69, 9.17) is 5.10 Å². The number of carbonyl (C=O) groups is 1. The number of amides is 1. The molecule has 0 radical (unpaired) electrons. The van der Waals surface area contributed by atoms with E-state index in [0.717, 1.165) is 28.9 Å². The first-order valence-corrected chi connectivity index (χ1v) is 9.64. The third-order valence-corrected chi connectivity index (χ3v) is 4.66. The van der Waals surface area contributed by atoms with Crippen molar-refractivity contribution in [2.45, 2.75) is 19.9 Å². The Morgan fingerprint density at radius 1 is 0.931 bits per heavy atom. The fourth-order valence-corrected chi connectivity index (χ4v) is 3.15. The van der Waals surface area contributed by atoms with Crippen LogP contribution in [0.25, 0.3) is 22.4 Å². The molecule has 2 aromatic heterocycles. The summed E-state index contributed by atoms with van der Waals surface area (Å²) in [6.07, 6.45) is 5.89. The van der Waals surface area contributed by atoms with Crippen LogP contribution >= 0.6 is 0 Å². The molecule has 0 atom stereocenters. The van der Waals surface area contributed by atoms with Gasteiger partial charge >= 0.3 is 0 Å². The largest absolute Gasteiger partial charge is 0.325 e. The molecule has 0 unspecified atom stereocenters. The molecule has 2 heterocycles. The van der Waals surface area contributed by atoms with Gasteiger partial charge in [-0.25, -0.2) is 0 Å². The van der Waals surface area contributed by atoms with Crippen LogP contribution in [0.1, 0.15) is 18.9 Å². The van der Waals surface area contributed by atoms with Crippen LogP contribution in [-0.4, -0.2) is 20.7 Å². The zero-order chi connectivity index (χ0) is 20.1. The number of anilines is 1. The Hall–Kier alpha value is -3.73. The van der Waals surface area contributed by atoms with Crippen LogP contribution in [0.5, 0.6) is 0 Å². The molecule has 0 saturated carbocycles. The van der Waals surface area contributed by atoms with Gasteiger partial charge in [0, 0.05) is 29.9 Å². The van der Waals surface area contributed by atoms with Crippen molar-refractivity contribution >= 4 is 11.6 Å². The summed E-state index contributed by atoms with van der Waals surface area (Å²) in [6, 6.07) is 22.4. The maximum absolute atomic E-state index is 11.7. The molecule has 1 amide bonds. The molecule has 0 bridgehead atoms. The number of hydrogen-bond donors (Lipinski definition) is 1. The average molecular weight is 382 g/mol. The second-order valence-corrected chi connectivity index (χ2v) is 6.83. The summed E-state index contributed by atoms with van der Waals surface area (Å²) >= 11 is 0. The fourth-order valence-electron chi connectivity index (χ4n) is 3.15. The number of rotatable bonds is 6. The summed E-state index contributed by atoms with van der Waals surface area (Å²) in [5.74, 6) is -0.0262. The Labute approximate surface area is 170 Å². The number of carbonyl (C=O) groups excluding carboxylic acids is 1. The van der Waals surface area contributed by atoms with Crippen molar-refractivity contribution in [3.8, 4) is 22.4 Å². The third kappa shape index (κ3) is 4.58. The van der Waals surface area contributed by atoms with Gasteiger partial charge in [0.15, 0.2) is 0 Å². The summed E-state index contributed by atoms with van der Waals surface area (Å²) in [5, 5.41) is 7.58. The zero-order valence-corrected chi connectivity index (χ0v) is 16.2. The highest BCUT2D eigenvalue weighted by Crippen LogP contribution is 2.26. The van der Waals surface area contributed by atoms with Crippen molar-refractivity contribution in [1.82, 2.24) is 14.8 Å². The van der Waals surface area contributed by atoms with E-state index in [1.807, 2.05) is 60.3 Å². The average Bonchev–Trinajstić information content (AvgIpc) is 3.23. The third-order valence-electron chi connectivity index (χ3n) is 4.66. The Morgan fingerprint density at radius 2 is 1.76 bits per heavy atom. The molecule has 4 aromatic rings. The van der Waals surface area contributed by atoms with E-state index >= 15 is 0 Å². The van der Waals surface area contributed by atoms with Crippen LogP contribution < -0.4 is 5.32 Å². The highest BCUT2D eigenvalue weighted by molar-refractivity contribution is 5.91.